The number of rotatable bonds is 9. The minimum Gasteiger partial charge on any atom is -0.490 e. The van der Waals surface area contributed by atoms with Crippen molar-refractivity contribution in [2.75, 3.05) is 19.8 Å². The first-order chi connectivity index (χ1) is 15.8. The van der Waals surface area contributed by atoms with Crippen LogP contribution in [-0.2, 0) is 19.1 Å². The minimum absolute atomic E-state index is 0.0397. The zero-order valence-corrected chi connectivity index (χ0v) is 19.3. The Morgan fingerprint density at radius 2 is 1.91 bits per heavy atom. The van der Waals surface area contributed by atoms with Gasteiger partial charge in [0.25, 0.3) is 5.69 Å². The molecule has 0 fully saturated rings. The van der Waals surface area contributed by atoms with Crippen molar-refractivity contribution in [2.24, 2.45) is 4.99 Å². The van der Waals surface area contributed by atoms with Crippen LogP contribution in [0.25, 0.3) is 6.08 Å². The summed E-state index contributed by atoms with van der Waals surface area (Å²) < 4.78 is 21.7. The molecule has 33 heavy (non-hydrogen) atoms. The van der Waals surface area contributed by atoms with Gasteiger partial charge in [-0.15, -0.1) is 0 Å². The molecule has 0 atom stereocenters. The van der Waals surface area contributed by atoms with Gasteiger partial charge in [0, 0.05) is 17.7 Å². The quantitative estimate of drug-likeness (QED) is 0.210. The second kappa shape index (κ2) is 10.7. The molecule has 0 saturated carbocycles. The molecule has 0 bridgehead atoms. The number of nitro benzene ring substituents is 1. The predicted octanol–water partition coefficient (Wildman–Crippen LogP) is 4.04. The van der Waals surface area contributed by atoms with E-state index in [1.54, 1.807) is 26.0 Å². The highest BCUT2D eigenvalue weighted by molar-refractivity contribution is 9.10. The number of hydrogen-bond acceptors (Lipinski definition) is 9. The summed E-state index contributed by atoms with van der Waals surface area (Å²) in [6.07, 6.45) is 1.50. The maximum absolute atomic E-state index is 12.3. The maximum Gasteiger partial charge on any atom is 0.363 e. The molecule has 0 radical (unpaired) electrons. The molecule has 0 unspecified atom stereocenters. The Balaban J connectivity index is 1.87. The van der Waals surface area contributed by atoms with Gasteiger partial charge in [-0.3, -0.25) is 10.1 Å². The van der Waals surface area contributed by atoms with E-state index >= 15 is 0 Å². The normalized spacial score (nSPS) is 14.0. The summed E-state index contributed by atoms with van der Waals surface area (Å²) in [5.41, 5.74) is 0.946. The van der Waals surface area contributed by atoms with E-state index in [1.165, 1.54) is 30.3 Å². The topological polar surface area (TPSA) is 127 Å². The Morgan fingerprint density at radius 1 is 1.18 bits per heavy atom. The molecule has 11 heteroatoms. The lowest BCUT2D eigenvalue weighted by Crippen LogP contribution is -2.15. The zero-order chi connectivity index (χ0) is 24.0. The molecule has 0 spiro atoms. The molecule has 1 aliphatic rings. The Hall–Kier alpha value is -3.73. The third-order valence-electron chi connectivity index (χ3n) is 4.22. The van der Waals surface area contributed by atoms with E-state index in [-0.39, 0.29) is 30.5 Å². The number of hydrogen-bond donors (Lipinski definition) is 0. The van der Waals surface area contributed by atoms with Gasteiger partial charge < -0.3 is 18.9 Å². The largest absolute Gasteiger partial charge is 0.490 e. The number of benzene rings is 2. The summed E-state index contributed by atoms with van der Waals surface area (Å²) in [6.45, 7) is 3.79. The fourth-order valence-electron chi connectivity index (χ4n) is 2.82. The van der Waals surface area contributed by atoms with E-state index in [0.29, 0.717) is 33.7 Å². The molecule has 0 N–H and O–H groups in total. The standard InChI is InChI=1S/C22H19BrN2O8/c1-3-30-18-11-13(9-16(23)20(18)32-12-19(26)31-4-2)10-17-22(27)33-21(24-17)14-5-7-15(8-6-14)25(28)29/h5-11H,3-4,12H2,1-2H3/b17-10-. The average Bonchev–Trinajstić information content (AvgIpc) is 3.14. The molecule has 10 nitrogen and oxygen atoms in total. The first kappa shape index (κ1) is 23.9. The molecule has 3 rings (SSSR count). The van der Waals surface area contributed by atoms with Gasteiger partial charge in [-0.25, -0.2) is 14.6 Å². The second-order valence-corrected chi connectivity index (χ2v) is 7.35. The molecule has 0 aromatic heterocycles. The number of halogens is 1. The van der Waals surface area contributed by atoms with E-state index in [2.05, 4.69) is 20.9 Å². The highest BCUT2D eigenvalue weighted by atomic mass is 79.9. The molecule has 0 saturated heterocycles. The Morgan fingerprint density at radius 3 is 2.55 bits per heavy atom. The number of carbonyl (C=O) groups is 2. The number of nitro groups is 1. The van der Waals surface area contributed by atoms with Crippen molar-refractivity contribution >= 4 is 45.5 Å². The van der Waals surface area contributed by atoms with Crippen LogP contribution in [-0.4, -0.2) is 42.6 Å². The fraction of sp³-hybridized carbons (Fsp3) is 0.227. The number of esters is 2. The molecule has 1 heterocycles. The molecular formula is C22H19BrN2O8. The third-order valence-corrected chi connectivity index (χ3v) is 4.81. The number of aliphatic imine (C=N–C) groups is 1. The van der Waals surface area contributed by atoms with Gasteiger partial charge in [0.2, 0.25) is 5.90 Å². The first-order valence-corrected chi connectivity index (χ1v) is 10.6. The average molecular weight is 519 g/mol. The van der Waals surface area contributed by atoms with Gasteiger partial charge in [0.1, 0.15) is 0 Å². The number of carbonyl (C=O) groups excluding carboxylic acids is 2. The van der Waals surface area contributed by atoms with Crippen LogP contribution in [0.15, 0.2) is 51.6 Å². The van der Waals surface area contributed by atoms with E-state index in [1.807, 2.05) is 0 Å². The van der Waals surface area contributed by atoms with Crippen molar-refractivity contribution in [1.82, 2.24) is 0 Å². The third kappa shape index (κ3) is 5.95. The van der Waals surface area contributed by atoms with Crippen molar-refractivity contribution < 1.29 is 33.5 Å². The minimum atomic E-state index is -0.667. The van der Waals surface area contributed by atoms with Crippen molar-refractivity contribution in [1.29, 1.82) is 0 Å². The molecule has 2 aromatic carbocycles. The summed E-state index contributed by atoms with van der Waals surface area (Å²) in [4.78, 5) is 38.4. The van der Waals surface area contributed by atoms with Crippen molar-refractivity contribution in [3.8, 4) is 11.5 Å². The number of ether oxygens (including phenoxy) is 4. The first-order valence-electron chi connectivity index (χ1n) is 9.84. The van der Waals surface area contributed by atoms with E-state index < -0.39 is 16.9 Å². The van der Waals surface area contributed by atoms with Gasteiger partial charge >= 0.3 is 11.9 Å². The van der Waals surface area contributed by atoms with Crippen LogP contribution in [0.1, 0.15) is 25.0 Å². The lowest BCUT2D eigenvalue weighted by Gasteiger charge is -2.14. The highest BCUT2D eigenvalue weighted by Gasteiger charge is 2.25. The molecule has 2 aromatic rings. The molecule has 0 amide bonds. The fourth-order valence-corrected chi connectivity index (χ4v) is 3.40. The Kier molecular flexibility index (Phi) is 7.78. The molecule has 0 aliphatic carbocycles. The molecule has 1 aliphatic heterocycles. The van der Waals surface area contributed by atoms with E-state index in [9.17, 15) is 19.7 Å². The SMILES string of the molecule is CCOC(=O)COc1c(Br)cc(/C=C2\N=C(c3ccc([N+](=O)[O-])cc3)OC2=O)cc1OCC. The van der Waals surface area contributed by atoms with E-state index in [4.69, 9.17) is 18.9 Å². The smallest absolute Gasteiger partial charge is 0.363 e. The van der Waals surface area contributed by atoms with Crippen LogP contribution in [0, 0.1) is 10.1 Å². The van der Waals surface area contributed by atoms with Crippen LogP contribution >= 0.6 is 15.9 Å². The van der Waals surface area contributed by atoms with Crippen LogP contribution < -0.4 is 9.47 Å². The van der Waals surface area contributed by atoms with Crippen molar-refractivity contribution in [3.63, 3.8) is 0 Å². The summed E-state index contributed by atoms with van der Waals surface area (Å²) >= 11 is 3.40. The summed E-state index contributed by atoms with van der Waals surface area (Å²) in [5.74, 6) is -0.468. The van der Waals surface area contributed by atoms with Gasteiger partial charge in [0.15, 0.2) is 23.8 Å². The predicted molar refractivity (Wildman–Crippen MR) is 121 cm³/mol. The maximum atomic E-state index is 12.3. The van der Waals surface area contributed by atoms with Crippen LogP contribution in [0.2, 0.25) is 0 Å². The van der Waals surface area contributed by atoms with Crippen LogP contribution in [0.3, 0.4) is 0 Å². The van der Waals surface area contributed by atoms with Crippen LogP contribution in [0.4, 0.5) is 5.69 Å². The van der Waals surface area contributed by atoms with Crippen molar-refractivity contribution in [3.05, 3.63) is 67.8 Å². The van der Waals surface area contributed by atoms with Crippen molar-refractivity contribution in [2.45, 2.75) is 13.8 Å². The second-order valence-electron chi connectivity index (χ2n) is 6.50. The number of cyclic esters (lactones) is 1. The lowest BCUT2D eigenvalue weighted by atomic mass is 10.1. The highest BCUT2D eigenvalue weighted by Crippen LogP contribution is 2.38. The van der Waals surface area contributed by atoms with Gasteiger partial charge in [-0.1, -0.05) is 0 Å². The lowest BCUT2D eigenvalue weighted by molar-refractivity contribution is -0.384. The number of nitrogens with zero attached hydrogens (tertiary/aromatic N) is 2. The summed E-state index contributed by atoms with van der Waals surface area (Å²) in [6, 6.07) is 8.80. The Bertz CT molecular complexity index is 1140. The number of non-ortho nitro benzene ring substituents is 1. The zero-order valence-electron chi connectivity index (χ0n) is 17.7. The van der Waals surface area contributed by atoms with Gasteiger partial charge in [-0.2, -0.15) is 0 Å². The van der Waals surface area contributed by atoms with Gasteiger partial charge in [0.05, 0.1) is 22.6 Å². The van der Waals surface area contributed by atoms with Crippen LogP contribution in [0.5, 0.6) is 11.5 Å². The molecule has 172 valence electrons. The van der Waals surface area contributed by atoms with Gasteiger partial charge in [-0.05, 0) is 65.7 Å². The van der Waals surface area contributed by atoms with E-state index in [0.717, 1.165) is 0 Å². The summed E-state index contributed by atoms with van der Waals surface area (Å²) in [7, 11) is 0. The Labute approximate surface area is 197 Å². The summed E-state index contributed by atoms with van der Waals surface area (Å²) in [5, 5.41) is 10.8. The molecular weight excluding hydrogens is 500 g/mol. The monoisotopic (exact) mass is 518 g/mol.